The highest BCUT2D eigenvalue weighted by Crippen LogP contribution is 2.58. The van der Waals surface area contributed by atoms with E-state index >= 15 is 0 Å². The molecular weight excluding hydrogens is 496 g/mol. The first-order valence-corrected chi connectivity index (χ1v) is 11.6. The largest absolute Gasteiger partial charge is 0.396 e. The van der Waals surface area contributed by atoms with Crippen molar-refractivity contribution < 1.29 is 19.1 Å². The predicted octanol–water partition coefficient (Wildman–Crippen LogP) is 3.56. The lowest BCUT2D eigenvalue weighted by atomic mass is 9.99. The molecule has 0 bridgehead atoms. The third-order valence-electron chi connectivity index (χ3n) is 6.16. The molecule has 3 N–H and O–H groups in total. The zero-order valence-corrected chi connectivity index (χ0v) is 19.9. The van der Waals surface area contributed by atoms with Gasteiger partial charge in [-0.2, -0.15) is 0 Å². The number of aromatic nitrogens is 1. The van der Waals surface area contributed by atoms with Crippen molar-refractivity contribution >= 4 is 40.7 Å². The van der Waals surface area contributed by atoms with Crippen LogP contribution >= 0.6 is 23.2 Å². The molecule has 0 aliphatic heterocycles. The summed E-state index contributed by atoms with van der Waals surface area (Å²) >= 11 is 12.0. The van der Waals surface area contributed by atoms with Crippen LogP contribution in [-0.2, 0) is 16.1 Å². The van der Waals surface area contributed by atoms with Gasteiger partial charge in [-0.15, -0.1) is 0 Å². The monoisotopic (exact) mass is 517 g/mol. The maximum atomic E-state index is 13.2. The van der Waals surface area contributed by atoms with Crippen LogP contribution < -0.4 is 16.2 Å². The van der Waals surface area contributed by atoms with Gasteiger partial charge in [-0.3, -0.25) is 14.4 Å². The Balaban J connectivity index is 1.36. The van der Waals surface area contributed by atoms with Crippen molar-refractivity contribution in [2.24, 2.45) is 5.41 Å². The van der Waals surface area contributed by atoms with E-state index in [9.17, 15) is 23.9 Å². The lowest BCUT2D eigenvalue weighted by Gasteiger charge is -2.16. The maximum Gasteiger partial charge on any atom is 0.313 e. The summed E-state index contributed by atoms with van der Waals surface area (Å²) in [4.78, 5) is 37.0. The van der Waals surface area contributed by atoms with E-state index in [0.29, 0.717) is 16.5 Å². The Morgan fingerprint density at radius 1 is 1.06 bits per heavy atom. The molecule has 7 nitrogen and oxygen atoms in total. The van der Waals surface area contributed by atoms with Crippen molar-refractivity contribution in [3.05, 3.63) is 98.1 Å². The lowest BCUT2D eigenvalue weighted by molar-refractivity contribution is -0.136. The molecule has 35 heavy (non-hydrogen) atoms. The van der Waals surface area contributed by atoms with E-state index in [-0.39, 0.29) is 42.7 Å². The Kier molecular flexibility index (Phi) is 7.25. The lowest BCUT2D eigenvalue weighted by Crippen LogP contribution is -2.40. The molecule has 1 heterocycles. The molecule has 182 valence electrons. The first kappa shape index (κ1) is 24.9. The number of halogens is 3. The van der Waals surface area contributed by atoms with Gasteiger partial charge in [0, 0.05) is 24.2 Å². The first-order valence-electron chi connectivity index (χ1n) is 10.8. The first-order chi connectivity index (χ1) is 16.7. The van der Waals surface area contributed by atoms with Crippen molar-refractivity contribution in [2.45, 2.75) is 18.9 Å². The van der Waals surface area contributed by atoms with Crippen molar-refractivity contribution in [3.8, 4) is 0 Å². The average Bonchev–Trinajstić information content (AvgIpc) is 3.57. The minimum Gasteiger partial charge on any atom is -0.396 e. The van der Waals surface area contributed by atoms with Crippen LogP contribution in [0.4, 0.5) is 10.1 Å². The fraction of sp³-hybridized carbons (Fsp3) is 0.240. The summed E-state index contributed by atoms with van der Waals surface area (Å²) in [6.07, 6.45) is 2.04. The number of anilines is 1. The second kappa shape index (κ2) is 10.2. The minimum absolute atomic E-state index is 0.0404. The number of aliphatic hydroxyl groups is 1. The summed E-state index contributed by atoms with van der Waals surface area (Å²) in [5.74, 6) is -2.17. The molecule has 1 aromatic heterocycles. The number of pyridine rings is 1. The van der Waals surface area contributed by atoms with E-state index in [1.165, 1.54) is 35.0 Å². The van der Waals surface area contributed by atoms with Gasteiger partial charge in [0.15, 0.2) is 0 Å². The highest BCUT2D eigenvalue weighted by atomic mass is 35.5. The topological polar surface area (TPSA) is 100 Å². The Morgan fingerprint density at radius 3 is 2.49 bits per heavy atom. The number of nitrogens with one attached hydrogen (secondary N) is 2. The summed E-state index contributed by atoms with van der Waals surface area (Å²) in [6.45, 7) is 0.0979. The van der Waals surface area contributed by atoms with Crippen molar-refractivity contribution in [2.75, 3.05) is 18.5 Å². The van der Waals surface area contributed by atoms with Gasteiger partial charge in [0.25, 0.3) is 5.56 Å². The quantitative estimate of drug-likeness (QED) is 0.417. The molecule has 0 saturated heterocycles. The Morgan fingerprint density at radius 2 is 1.80 bits per heavy atom. The van der Waals surface area contributed by atoms with E-state index in [2.05, 4.69) is 10.6 Å². The maximum absolute atomic E-state index is 13.2. The number of aliphatic hydroxyl groups excluding tert-OH is 1. The molecule has 1 saturated carbocycles. The highest BCUT2D eigenvalue weighted by molar-refractivity contribution is 6.42. The van der Waals surface area contributed by atoms with Crippen molar-refractivity contribution in [1.82, 2.24) is 9.88 Å². The second-order valence-electron chi connectivity index (χ2n) is 8.60. The standard InChI is InChI=1S/C25H22Cl2FN3O4/c26-20-7-1-15(9-21(20)27)11-31-12-18(6-8-22(31)33)30-24(35)23(34)29-13-25(14-32)10-19(25)16-2-4-17(28)5-3-16/h1-9,12,19,32H,10-11,13-14H2,(H,29,34)(H,30,35). The van der Waals surface area contributed by atoms with Gasteiger partial charge in [-0.1, -0.05) is 41.4 Å². The summed E-state index contributed by atoms with van der Waals surface area (Å²) in [6, 6.07) is 13.7. The van der Waals surface area contributed by atoms with Gasteiger partial charge in [-0.05, 0) is 53.8 Å². The van der Waals surface area contributed by atoms with E-state index < -0.39 is 17.2 Å². The normalized spacial score (nSPS) is 18.7. The highest BCUT2D eigenvalue weighted by Gasteiger charge is 2.54. The Bertz CT molecular complexity index is 1330. The molecule has 10 heteroatoms. The molecule has 3 aromatic rings. The zero-order chi connectivity index (χ0) is 25.2. The van der Waals surface area contributed by atoms with E-state index in [0.717, 1.165) is 11.1 Å². The second-order valence-corrected chi connectivity index (χ2v) is 9.41. The van der Waals surface area contributed by atoms with Crippen LogP contribution in [0.25, 0.3) is 0 Å². The van der Waals surface area contributed by atoms with Crippen LogP contribution in [0.1, 0.15) is 23.5 Å². The molecule has 1 aliphatic rings. The Labute approximate surface area is 210 Å². The number of hydrogen-bond acceptors (Lipinski definition) is 4. The summed E-state index contributed by atoms with van der Waals surface area (Å²) in [5, 5.41) is 15.7. The third kappa shape index (κ3) is 5.73. The molecule has 2 atom stereocenters. The van der Waals surface area contributed by atoms with Gasteiger partial charge in [0.2, 0.25) is 0 Å². The molecule has 4 rings (SSSR count). The van der Waals surface area contributed by atoms with Crippen LogP contribution in [0.3, 0.4) is 0 Å². The zero-order valence-electron chi connectivity index (χ0n) is 18.4. The van der Waals surface area contributed by atoms with E-state index in [4.69, 9.17) is 23.2 Å². The SMILES string of the molecule is O=C(NCC1(CO)CC1c1ccc(F)cc1)C(=O)Nc1ccc(=O)n(Cc2ccc(Cl)c(Cl)c2)c1. The van der Waals surface area contributed by atoms with Crippen LogP contribution in [-0.4, -0.2) is 34.6 Å². The van der Waals surface area contributed by atoms with Crippen molar-refractivity contribution in [1.29, 1.82) is 0 Å². The van der Waals surface area contributed by atoms with Gasteiger partial charge >= 0.3 is 11.8 Å². The summed E-state index contributed by atoms with van der Waals surface area (Å²) in [7, 11) is 0. The molecule has 1 aliphatic carbocycles. The fourth-order valence-electron chi connectivity index (χ4n) is 4.03. The van der Waals surface area contributed by atoms with Crippen LogP contribution in [0.5, 0.6) is 0 Å². The third-order valence-corrected chi connectivity index (χ3v) is 6.90. The number of carbonyl (C=O) groups excluding carboxylic acids is 2. The molecule has 2 amide bonds. The number of carbonyl (C=O) groups is 2. The molecule has 1 fully saturated rings. The van der Waals surface area contributed by atoms with Crippen molar-refractivity contribution in [3.63, 3.8) is 0 Å². The molecule has 2 aromatic carbocycles. The molecule has 2 unspecified atom stereocenters. The molecular formula is C25H22Cl2FN3O4. The fourth-order valence-corrected chi connectivity index (χ4v) is 4.35. The van der Waals surface area contributed by atoms with E-state index in [1.54, 1.807) is 30.3 Å². The minimum atomic E-state index is -0.906. The summed E-state index contributed by atoms with van der Waals surface area (Å²) in [5.41, 5.74) is 0.961. The number of nitrogens with zero attached hydrogens (tertiary/aromatic N) is 1. The predicted molar refractivity (Wildman–Crippen MR) is 131 cm³/mol. The average molecular weight is 518 g/mol. The number of hydrogen-bond donors (Lipinski definition) is 3. The van der Waals surface area contributed by atoms with E-state index in [1.807, 2.05) is 0 Å². The number of amides is 2. The molecule has 0 radical (unpaired) electrons. The van der Waals surface area contributed by atoms with Crippen LogP contribution in [0, 0.1) is 11.2 Å². The summed E-state index contributed by atoms with van der Waals surface area (Å²) < 4.78 is 14.5. The van der Waals surface area contributed by atoms with Gasteiger partial charge < -0.3 is 20.3 Å². The number of benzene rings is 2. The van der Waals surface area contributed by atoms with Gasteiger partial charge in [0.1, 0.15) is 5.82 Å². The number of rotatable bonds is 7. The van der Waals surface area contributed by atoms with Crippen LogP contribution in [0.15, 0.2) is 65.6 Å². The van der Waals surface area contributed by atoms with Gasteiger partial charge in [-0.25, -0.2) is 4.39 Å². The van der Waals surface area contributed by atoms with Crippen LogP contribution in [0.2, 0.25) is 10.0 Å². The Hall–Kier alpha value is -3.20. The smallest absolute Gasteiger partial charge is 0.313 e. The molecule has 0 spiro atoms. The van der Waals surface area contributed by atoms with Gasteiger partial charge in [0.05, 0.1) is 28.9 Å².